The maximum Gasteiger partial charge on any atom is 0.267 e. The fraction of sp³-hybridized carbons (Fsp3) is 0.327. The molecule has 4 aromatic carbocycles. The van der Waals surface area contributed by atoms with Crippen molar-refractivity contribution in [3.63, 3.8) is 0 Å². The van der Waals surface area contributed by atoms with Crippen molar-refractivity contribution < 1.29 is 23.7 Å². The number of ether oxygens (including phenoxy) is 4. The van der Waals surface area contributed by atoms with Gasteiger partial charge in [0.1, 0.15) is 35.2 Å². The molecule has 6 aromatic rings. The van der Waals surface area contributed by atoms with Crippen molar-refractivity contribution >= 4 is 11.6 Å². The van der Waals surface area contributed by atoms with Crippen LogP contribution in [0.3, 0.4) is 0 Å². The zero-order chi connectivity index (χ0) is 42.6. The third kappa shape index (κ3) is 8.86. The number of aromatic nitrogens is 2. The van der Waals surface area contributed by atoms with Crippen LogP contribution in [0, 0.1) is 0 Å². The quantitative estimate of drug-likeness (QED) is 0.121. The van der Waals surface area contributed by atoms with Crippen LogP contribution in [0.5, 0.6) is 34.8 Å². The normalized spacial score (nSPS) is 19.5. The van der Waals surface area contributed by atoms with E-state index in [1.54, 1.807) is 23.4 Å². The summed E-state index contributed by atoms with van der Waals surface area (Å²) in [7, 11) is 0. The summed E-state index contributed by atoms with van der Waals surface area (Å²) in [4.78, 5) is 30.9. The van der Waals surface area contributed by atoms with Crippen LogP contribution < -0.4 is 29.6 Å². The van der Waals surface area contributed by atoms with E-state index in [2.05, 4.69) is 34.1 Å². The molecule has 6 heterocycles. The Balaban J connectivity index is 0.859. The van der Waals surface area contributed by atoms with Crippen molar-refractivity contribution in [2.75, 3.05) is 44.2 Å². The topological polar surface area (TPSA) is 116 Å². The number of aryl methyl sites for hydroxylation is 2. The Bertz CT molecular complexity index is 2490. The highest BCUT2D eigenvalue weighted by molar-refractivity contribution is 6.00. The molecule has 0 aliphatic carbocycles. The summed E-state index contributed by atoms with van der Waals surface area (Å²) < 4.78 is 25.3. The fourth-order valence-electron chi connectivity index (χ4n) is 9.47. The maximum atomic E-state index is 15.2. The van der Waals surface area contributed by atoms with Crippen molar-refractivity contribution in [3.8, 4) is 34.8 Å². The molecule has 1 amide bonds. The lowest BCUT2D eigenvalue weighted by atomic mass is 9.97. The van der Waals surface area contributed by atoms with Gasteiger partial charge in [0.15, 0.2) is 5.66 Å². The first kappa shape index (κ1) is 40.8. The number of pyridine rings is 2. The van der Waals surface area contributed by atoms with Crippen molar-refractivity contribution in [1.82, 2.24) is 19.8 Å². The lowest BCUT2D eigenvalue weighted by Gasteiger charge is -2.41. The number of anilines is 1. The predicted molar refractivity (Wildman–Crippen MR) is 242 cm³/mol. The van der Waals surface area contributed by atoms with Crippen LogP contribution in [0.2, 0.25) is 0 Å². The zero-order valence-corrected chi connectivity index (χ0v) is 35.6. The Hall–Kier alpha value is -6.27. The van der Waals surface area contributed by atoms with Gasteiger partial charge in [-0.1, -0.05) is 60.7 Å². The molecule has 63 heavy (non-hydrogen) atoms. The van der Waals surface area contributed by atoms with E-state index in [9.17, 15) is 0 Å². The molecule has 0 saturated carbocycles. The Morgan fingerprint density at radius 3 is 1.73 bits per heavy atom. The van der Waals surface area contributed by atoms with E-state index in [4.69, 9.17) is 34.6 Å². The van der Waals surface area contributed by atoms with Gasteiger partial charge >= 0.3 is 0 Å². The van der Waals surface area contributed by atoms with E-state index in [-0.39, 0.29) is 18.1 Å². The lowest BCUT2D eigenvalue weighted by Crippen LogP contribution is -2.63. The maximum absolute atomic E-state index is 15.2. The minimum absolute atomic E-state index is 0.0338. The number of amides is 1. The summed E-state index contributed by atoms with van der Waals surface area (Å²) in [5.74, 6) is 3.74. The van der Waals surface area contributed by atoms with Gasteiger partial charge in [0.25, 0.3) is 5.91 Å². The van der Waals surface area contributed by atoms with Gasteiger partial charge in [-0.15, -0.1) is 0 Å². The highest BCUT2D eigenvalue weighted by Crippen LogP contribution is 2.40. The molecule has 2 saturated heterocycles. The van der Waals surface area contributed by atoms with E-state index in [1.165, 1.54) is 11.1 Å². The Kier molecular flexibility index (Phi) is 11.8. The molecule has 4 aliphatic rings. The van der Waals surface area contributed by atoms with Crippen molar-refractivity contribution in [2.45, 2.75) is 69.2 Å². The van der Waals surface area contributed by atoms with Crippen molar-refractivity contribution in [3.05, 3.63) is 162 Å². The minimum Gasteiger partial charge on any atom is -0.485 e. The average Bonchev–Trinajstić information content (AvgIpc) is 4.09. The lowest BCUT2D eigenvalue weighted by molar-refractivity contribution is -0.131. The molecular formula is C52H54N6O5. The summed E-state index contributed by atoms with van der Waals surface area (Å²) in [6.45, 7) is 4.63. The number of likely N-dealkylation sites (tertiary alicyclic amines) is 2. The molecule has 3 atom stereocenters. The van der Waals surface area contributed by atoms with Gasteiger partial charge in [-0.05, 0) is 135 Å². The second kappa shape index (κ2) is 18.2. The van der Waals surface area contributed by atoms with Crippen LogP contribution in [-0.4, -0.2) is 64.9 Å². The number of carbonyl (C=O) groups excluding carboxylic acids is 1. The molecule has 11 nitrogen and oxygen atoms in total. The number of fused-ring (bicyclic) bond motifs is 2. The number of nitrogens with zero attached hydrogens (tertiary/aromatic N) is 5. The van der Waals surface area contributed by atoms with E-state index in [0.717, 1.165) is 93.6 Å². The molecular weight excluding hydrogens is 789 g/mol. The van der Waals surface area contributed by atoms with Crippen LogP contribution in [0.15, 0.2) is 134 Å². The fourth-order valence-corrected chi connectivity index (χ4v) is 9.47. The molecule has 10 rings (SSSR count). The number of carbonyl (C=O) groups is 1. The molecule has 4 aliphatic heterocycles. The Morgan fingerprint density at radius 1 is 0.667 bits per heavy atom. The highest BCUT2D eigenvalue weighted by Gasteiger charge is 2.46. The SMILES string of the molecule is NC(C(=O)N(CCN1CCCC1)c1ccc(Oc2ccc3c(c2)CCC(c2ccccc2)O3)nc1)(c1ccc(Oc2ccc3c(c2)CCC(c2ccccc2)O3)nc1)N1CCCC1. The number of rotatable bonds is 13. The van der Waals surface area contributed by atoms with Gasteiger partial charge in [-0.3, -0.25) is 9.69 Å². The summed E-state index contributed by atoms with van der Waals surface area (Å²) in [5, 5.41) is 0. The van der Waals surface area contributed by atoms with E-state index >= 15 is 4.79 Å². The molecule has 322 valence electrons. The number of benzene rings is 4. The zero-order valence-electron chi connectivity index (χ0n) is 35.6. The summed E-state index contributed by atoms with van der Waals surface area (Å²) in [6.07, 6.45) is 11.3. The van der Waals surface area contributed by atoms with E-state index < -0.39 is 5.66 Å². The third-order valence-corrected chi connectivity index (χ3v) is 13.0. The van der Waals surface area contributed by atoms with Crippen LogP contribution in [0.4, 0.5) is 5.69 Å². The predicted octanol–water partition coefficient (Wildman–Crippen LogP) is 9.53. The van der Waals surface area contributed by atoms with Gasteiger partial charge in [-0.25, -0.2) is 9.97 Å². The average molecular weight is 843 g/mol. The van der Waals surface area contributed by atoms with Crippen LogP contribution in [-0.2, 0) is 23.3 Å². The first-order valence-electron chi connectivity index (χ1n) is 22.5. The second-order valence-electron chi connectivity index (χ2n) is 17.1. The summed E-state index contributed by atoms with van der Waals surface area (Å²) >= 11 is 0. The second-order valence-corrected chi connectivity index (χ2v) is 17.1. The van der Waals surface area contributed by atoms with Gasteiger partial charge in [-0.2, -0.15) is 0 Å². The Labute approximate surface area is 369 Å². The molecule has 3 unspecified atom stereocenters. The summed E-state index contributed by atoms with van der Waals surface area (Å²) in [5.41, 5.74) is 11.8. The van der Waals surface area contributed by atoms with Gasteiger partial charge in [0, 0.05) is 50.1 Å². The van der Waals surface area contributed by atoms with Gasteiger partial charge < -0.3 is 34.5 Å². The number of hydrogen-bond donors (Lipinski definition) is 1. The van der Waals surface area contributed by atoms with Crippen molar-refractivity contribution in [2.24, 2.45) is 5.73 Å². The first-order valence-corrected chi connectivity index (χ1v) is 22.5. The van der Waals surface area contributed by atoms with Crippen LogP contribution in [0.1, 0.15) is 78.6 Å². The van der Waals surface area contributed by atoms with Crippen LogP contribution >= 0.6 is 0 Å². The Morgan fingerprint density at radius 2 is 1.21 bits per heavy atom. The number of nitrogens with two attached hydrogens (primary N) is 1. The first-order chi connectivity index (χ1) is 31.0. The van der Waals surface area contributed by atoms with Gasteiger partial charge in [0.2, 0.25) is 11.8 Å². The smallest absolute Gasteiger partial charge is 0.267 e. The minimum atomic E-state index is -1.47. The molecule has 2 N–H and O–H groups in total. The molecule has 2 aromatic heterocycles. The molecule has 0 radical (unpaired) electrons. The van der Waals surface area contributed by atoms with Gasteiger partial charge in [0.05, 0.1) is 11.9 Å². The van der Waals surface area contributed by atoms with E-state index in [0.29, 0.717) is 54.1 Å². The molecule has 0 bridgehead atoms. The highest BCUT2D eigenvalue weighted by atomic mass is 16.5. The van der Waals surface area contributed by atoms with E-state index in [1.807, 2.05) is 91.0 Å². The molecule has 2 fully saturated rings. The third-order valence-electron chi connectivity index (χ3n) is 13.0. The number of hydrogen-bond acceptors (Lipinski definition) is 10. The monoisotopic (exact) mass is 842 g/mol. The van der Waals surface area contributed by atoms with Crippen molar-refractivity contribution in [1.29, 1.82) is 0 Å². The molecule has 11 heteroatoms. The molecule has 0 spiro atoms. The largest absolute Gasteiger partial charge is 0.485 e. The summed E-state index contributed by atoms with van der Waals surface area (Å²) in [6, 6.07) is 39.9. The van der Waals surface area contributed by atoms with Crippen LogP contribution in [0.25, 0.3) is 0 Å². The standard InChI is InChI=1S/C52H54N6O5/c53-52(57-29-9-10-30-57,41-17-25-49(54-35-41)60-43-19-23-47-39(33-43)15-21-45(62-47)37-11-3-1-4-12-37)51(59)58(32-31-56-27-7-8-28-56)42-18-26-50(55-36-42)61-44-20-24-48-40(34-44)16-22-46(63-48)38-13-5-2-6-14-38/h1-6,11-14,17-20,23-26,33-36,45-46H,7-10,15-16,21-22,27-32,53H2.